The van der Waals surface area contributed by atoms with E-state index in [1.54, 1.807) is 6.07 Å². The number of thiazole rings is 1. The Morgan fingerprint density at radius 3 is 2.63 bits per heavy atom. The first-order chi connectivity index (χ1) is 8.84. The molecule has 0 radical (unpaired) electrons. The molecule has 1 heterocycles. The Morgan fingerprint density at radius 2 is 2.05 bits per heavy atom. The van der Waals surface area contributed by atoms with Crippen molar-refractivity contribution < 1.29 is 13.2 Å². The number of hydrogen-bond donors (Lipinski definition) is 1. The standard InChI is InChI=1S/C11H7BrClF3N2S/c12-7-1-6(11(14,15)16)2-8(3-7)17-5-10-18-4-9(13)19-10/h1-4,17H,5H2. The van der Waals surface area contributed by atoms with Crippen molar-refractivity contribution in [1.82, 2.24) is 4.98 Å². The molecule has 2 nitrogen and oxygen atoms in total. The van der Waals surface area contributed by atoms with E-state index in [-0.39, 0.29) is 0 Å². The summed E-state index contributed by atoms with van der Waals surface area (Å²) in [5, 5.41) is 3.59. The largest absolute Gasteiger partial charge is 0.416 e. The van der Waals surface area contributed by atoms with Crippen LogP contribution in [0.5, 0.6) is 0 Å². The van der Waals surface area contributed by atoms with E-state index >= 15 is 0 Å². The molecule has 0 saturated heterocycles. The van der Waals surface area contributed by atoms with E-state index in [9.17, 15) is 13.2 Å². The number of nitrogens with one attached hydrogen (secondary N) is 1. The van der Waals surface area contributed by atoms with Crippen LogP contribution < -0.4 is 5.32 Å². The van der Waals surface area contributed by atoms with Gasteiger partial charge in [0.15, 0.2) is 0 Å². The molecule has 2 rings (SSSR count). The smallest absolute Gasteiger partial charge is 0.378 e. The first kappa shape index (κ1) is 14.6. The predicted octanol–water partition coefficient (Wildman–Crippen LogP) is 5.19. The second-order valence-electron chi connectivity index (χ2n) is 3.64. The maximum atomic E-state index is 12.6. The zero-order valence-corrected chi connectivity index (χ0v) is 12.4. The van der Waals surface area contributed by atoms with E-state index in [2.05, 4.69) is 26.2 Å². The Bertz CT molecular complexity index is 586. The van der Waals surface area contributed by atoms with Crippen LogP contribution in [0.3, 0.4) is 0 Å². The summed E-state index contributed by atoms with van der Waals surface area (Å²) in [4.78, 5) is 4.01. The summed E-state index contributed by atoms with van der Waals surface area (Å²) in [5.41, 5.74) is -0.338. The normalized spacial score (nSPS) is 11.6. The zero-order chi connectivity index (χ0) is 14.0. The summed E-state index contributed by atoms with van der Waals surface area (Å²) in [5.74, 6) is 0. The fraction of sp³-hybridized carbons (Fsp3) is 0.182. The van der Waals surface area contributed by atoms with Crippen LogP contribution in [-0.4, -0.2) is 4.98 Å². The summed E-state index contributed by atoms with van der Waals surface area (Å²) >= 11 is 10.1. The van der Waals surface area contributed by atoms with Crippen LogP contribution in [0.1, 0.15) is 10.6 Å². The van der Waals surface area contributed by atoms with Gasteiger partial charge in [-0.2, -0.15) is 13.2 Å². The Balaban J connectivity index is 2.14. The van der Waals surface area contributed by atoms with Crippen molar-refractivity contribution in [3.05, 3.63) is 43.8 Å². The number of anilines is 1. The SMILES string of the molecule is FC(F)(F)c1cc(Br)cc(NCc2ncc(Cl)s2)c1. The number of aromatic nitrogens is 1. The minimum absolute atomic E-state index is 0.325. The first-order valence-corrected chi connectivity index (χ1v) is 7.05. The molecular weight excluding hydrogens is 365 g/mol. The molecule has 0 amide bonds. The number of nitrogens with zero attached hydrogens (tertiary/aromatic N) is 1. The highest BCUT2D eigenvalue weighted by Gasteiger charge is 2.31. The highest BCUT2D eigenvalue weighted by Crippen LogP contribution is 2.33. The lowest BCUT2D eigenvalue weighted by molar-refractivity contribution is -0.137. The van der Waals surface area contributed by atoms with Crippen LogP contribution in [0, 0.1) is 0 Å². The van der Waals surface area contributed by atoms with Gasteiger partial charge in [0.2, 0.25) is 0 Å². The fourth-order valence-corrected chi connectivity index (χ4v) is 2.79. The number of hydrogen-bond acceptors (Lipinski definition) is 3. The van der Waals surface area contributed by atoms with Gasteiger partial charge in [0.1, 0.15) is 9.34 Å². The minimum Gasteiger partial charge on any atom is -0.378 e. The molecule has 0 saturated carbocycles. The lowest BCUT2D eigenvalue weighted by Gasteiger charge is -2.11. The molecule has 0 unspecified atom stereocenters. The maximum Gasteiger partial charge on any atom is 0.416 e. The van der Waals surface area contributed by atoms with Gasteiger partial charge in [-0.1, -0.05) is 27.5 Å². The van der Waals surface area contributed by atoms with Crippen LogP contribution in [-0.2, 0) is 12.7 Å². The molecule has 0 fully saturated rings. The van der Waals surface area contributed by atoms with Crippen molar-refractivity contribution >= 4 is 44.6 Å². The van der Waals surface area contributed by atoms with Crippen molar-refractivity contribution in [1.29, 1.82) is 0 Å². The van der Waals surface area contributed by atoms with Crippen molar-refractivity contribution in [2.24, 2.45) is 0 Å². The topological polar surface area (TPSA) is 24.9 Å². The van der Waals surface area contributed by atoms with Gasteiger partial charge in [-0.15, -0.1) is 11.3 Å². The lowest BCUT2D eigenvalue weighted by Crippen LogP contribution is -2.06. The summed E-state index contributed by atoms with van der Waals surface area (Å²) in [7, 11) is 0. The number of rotatable bonds is 3. The molecule has 1 aromatic carbocycles. The molecule has 0 aliphatic heterocycles. The van der Waals surface area contributed by atoms with E-state index in [1.165, 1.54) is 17.5 Å². The van der Waals surface area contributed by atoms with Crippen LogP contribution in [0.25, 0.3) is 0 Å². The average Bonchev–Trinajstić information content (AvgIpc) is 2.71. The van der Waals surface area contributed by atoms with Gasteiger partial charge in [0.25, 0.3) is 0 Å². The van der Waals surface area contributed by atoms with Crippen LogP contribution in [0.2, 0.25) is 4.34 Å². The number of alkyl halides is 3. The van der Waals surface area contributed by atoms with Gasteiger partial charge < -0.3 is 5.32 Å². The summed E-state index contributed by atoms with van der Waals surface area (Å²) in [6.45, 7) is 0.325. The molecule has 0 spiro atoms. The zero-order valence-electron chi connectivity index (χ0n) is 9.26. The fourth-order valence-electron chi connectivity index (χ4n) is 1.40. The Labute approximate surface area is 124 Å². The Hall–Kier alpha value is -0.790. The van der Waals surface area contributed by atoms with Crippen LogP contribution >= 0.6 is 38.9 Å². The van der Waals surface area contributed by atoms with Gasteiger partial charge in [-0.25, -0.2) is 4.98 Å². The van der Waals surface area contributed by atoms with Gasteiger partial charge in [-0.05, 0) is 18.2 Å². The predicted molar refractivity (Wildman–Crippen MR) is 73.6 cm³/mol. The van der Waals surface area contributed by atoms with E-state index in [1.807, 2.05) is 0 Å². The summed E-state index contributed by atoms with van der Waals surface area (Å²) < 4.78 is 38.8. The van der Waals surface area contributed by atoms with Gasteiger partial charge in [0, 0.05) is 10.2 Å². The van der Waals surface area contributed by atoms with Crippen molar-refractivity contribution in [3.63, 3.8) is 0 Å². The number of halogens is 5. The van der Waals surface area contributed by atoms with Gasteiger partial charge >= 0.3 is 6.18 Å². The van der Waals surface area contributed by atoms with E-state index in [4.69, 9.17) is 11.6 Å². The molecule has 0 aliphatic rings. The van der Waals surface area contributed by atoms with Gasteiger partial charge in [-0.3, -0.25) is 0 Å². The summed E-state index contributed by atoms with van der Waals surface area (Å²) in [6, 6.07) is 3.66. The van der Waals surface area contributed by atoms with Gasteiger partial charge in [0.05, 0.1) is 18.3 Å². The monoisotopic (exact) mass is 370 g/mol. The van der Waals surface area contributed by atoms with Crippen molar-refractivity contribution in [3.8, 4) is 0 Å². The highest BCUT2D eigenvalue weighted by molar-refractivity contribution is 9.10. The van der Waals surface area contributed by atoms with Crippen molar-refractivity contribution in [2.75, 3.05) is 5.32 Å². The summed E-state index contributed by atoms with van der Waals surface area (Å²) in [6.07, 6.45) is -2.87. The Kier molecular flexibility index (Phi) is 4.37. The number of benzene rings is 1. The molecule has 102 valence electrons. The maximum absolute atomic E-state index is 12.6. The average molecular weight is 372 g/mol. The highest BCUT2D eigenvalue weighted by atomic mass is 79.9. The molecular formula is C11H7BrClF3N2S. The molecule has 19 heavy (non-hydrogen) atoms. The third-order valence-electron chi connectivity index (χ3n) is 2.19. The molecule has 0 atom stereocenters. The molecule has 0 aliphatic carbocycles. The van der Waals surface area contributed by atoms with Crippen molar-refractivity contribution in [2.45, 2.75) is 12.7 Å². The van der Waals surface area contributed by atoms with Crippen LogP contribution in [0.4, 0.5) is 18.9 Å². The first-order valence-electron chi connectivity index (χ1n) is 5.06. The molecule has 1 aromatic heterocycles. The van der Waals surface area contributed by atoms with E-state index in [0.717, 1.165) is 12.1 Å². The quantitative estimate of drug-likeness (QED) is 0.803. The van der Waals surface area contributed by atoms with Crippen LogP contribution in [0.15, 0.2) is 28.9 Å². The van der Waals surface area contributed by atoms with E-state index < -0.39 is 11.7 Å². The molecule has 1 N–H and O–H groups in total. The molecule has 0 bridgehead atoms. The Morgan fingerprint density at radius 1 is 1.32 bits per heavy atom. The second-order valence-corrected chi connectivity index (χ2v) is 6.30. The minimum atomic E-state index is -4.37. The lowest BCUT2D eigenvalue weighted by atomic mass is 10.2. The third-order valence-corrected chi connectivity index (χ3v) is 3.77. The molecule has 8 heteroatoms. The molecule has 2 aromatic rings. The third kappa shape index (κ3) is 4.09. The second kappa shape index (κ2) is 5.68. The van der Waals surface area contributed by atoms with E-state index in [0.29, 0.717) is 26.0 Å².